The number of hydrogen-bond donors (Lipinski definition) is 1. The average Bonchev–Trinajstić information content (AvgIpc) is 2.12. The molecule has 0 aliphatic carbocycles. The first kappa shape index (κ1) is 15.6. The first-order valence-electron chi connectivity index (χ1n) is 5.18. The van der Waals surface area contributed by atoms with Gasteiger partial charge in [0, 0.05) is 12.5 Å². The summed E-state index contributed by atoms with van der Waals surface area (Å²) < 4.78 is 62.1. The minimum atomic E-state index is -5.72. The quantitative estimate of drug-likeness (QED) is 0.622. The summed E-state index contributed by atoms with van der Waals surface area (Å²) in [6, 6.07) is -1.46. The Kier molecular flexibility index (Phi) is 4.03. The van der Waals surface area contributed by atoms with Gasteiger partial charge in [0.2, 0.25) is 0 Å². The summed E-state index contributed by atoms with van der Waals surface area (Å²) >= 11 is 0. The summed E-state index contributed by atoms with van der Waals surface area (Å²) in [6.07, 6.45) is -0.447. The van der Waals surface area contributed by atoms with Crippen molar-refractivity contribution >= 4 is 16.2 Å². The minimum absolute atomic E-state index is 0.244. The number of rotatable bonds is 2. The molecule has 0 unspecified atom stereocenters. The van der Waals surface area contributed by atoms with Crippen LogP contribution in [0.5, 0.6) is 0 Å². The van der Waals surface area contributed by atoms with Gasteiger partial charge >= 0.3 is 21.7 Å². The van der Waals surface area contributed by atoms with Crippen LogP contribution in [0.25, 0.3) is 0 Å². The van der Waals surface area contributed by atoms with E-state index in [1.165, 1.54) is 13.8 Å². The molecule has 2 atom stereocenters. The number of hydrogen-bond acceptors (Lipinski definition) is 4. The van der Waals surface area contributed by atoms with Crippen LogP contribution < -0.4 is 0 Å². The minimum Gasteiger partial charge on any atom is -0.465 e. The van der Waals surface area contributed by atoms with Crippen LogP contribution >= 0.6 is 0 Å². The van der Waals surface area contributed by atoms with E-state index in [0.717, 1.165) is 11.0 Å². The SMILES string of the molecule is C[C@H]1C=C(OS(=O)(=O)C(F)(F)F)C[C@H](C)N1C(=O)O. The number of carboxylic acid groups (broad SMARTS) is 1. The largest absolute Gasteiger partial charge is 0.534 e. The summed E-state index contributed by atoms with van der Waals surface area (Å²) in [4.78, 5) is 11.9. The second-order valence-corrected chi connectivity index (χ2v) is 5.64. The van der Waals surface area contributed by atoms with Crippen LogP contribution in [0.15, 0.2) is 11.8 Å². The summed E-state index contributed by atoms with van der Waals surface area (Å²) in [5, 5.41) is 8.88. The van der Waals surface area contributed by atoms with Crippen molar-refractivity contribution in [2.75, 3.05) is 0 Å². The first-order chi connectivity index (χ1) is 8.45. The van der Waals surface area contributed by atoms with Crippen molar-refractivity contribution in [3.8, 4) is 0 Å². The normalized spacial score (nSPS) is 24.9. The van der Waals surface area contributed by atoms with Crippen molar-refractivity contribution in [3.63, 3.8) is 0 Å². The molecule has 0 aromatic heterocycles. The highest BCUT2D eigenvalue weighted by Crippen LogP contribution is 2.30. The zero-order valence-electron chi connectivity index (χ0n) is 10.0. The monoisotopic (exact) mass is 303 g/mol. The third-order valence-corrected chi connectivity index (χ3v) is 3.56. The molecule has 1 N–H and O–H groups in total. The van der Waals surface area contributed by atoms with Gasteiger partial charge in [0.15, 0.2) is 0 Å². The van der Waals surface area contributed by atoms with Crippen molar-refractivity contribution in [2.24, 2.45) is 0 Å². The van der Waals surface area contributed by atoms with Crippen LogP contribution in [-0.4, -0.2) is 42.1 Å². The Morgan fingerprint density at radius 1 is 1.47 bits per heavy atom. The molecule has 0 bridgehead atoms. The Morgan fingerprint density at radius 2 is 2.00 bits per heavy atom. The fourth-order valence-electron chi connectivity index (χ4n) is 1.82. The van der Waals surface area contributed by atoms with Gasteiger partial charge < -0.3 is 9.29 Å². The molecule has 0 saturated carbocycles. The van der Waals surface area contributed by atoms with E-state index >= 15 is 0 Å². The Labute approximate surface area is 107 Å². The molecule has 1 heterocycles. The average molecular weight is 303 g/mol. The fraction of sp³-hybridized carbons (Fsp3) is 0.667. The molecule has 6 nitrogen and oxygen atoms in total. The van der Waals surface area contributed by atoms with Crippen LogP contribution in [-0.2, 0) is 14.3 Å². The molecule has 1 amide bonds. The molecule has 0 spiro atoms. The van der Waals surface area contributed by atoms with Crippen molar-refractivity contribution in [1.29, 1.82) is 0 Å². The Bertz CT molecular complexity index is 498. The predicted octanol–water partition coefficient (Wildman–Crippen LogP) is 1.90. The van der Waals surface area contributed by atoms with E-state index in [-0.39, 0.29) is 6.42 Å². The smallest absolute Gasteiger partial charge is 0.465 e. The highest BCUT2D eigenvalue weighted by atomic mass is 32.2. The maximum absolute atomic E-state index is 12.1. The molecule has 110 valence electrons. The number of alkyl halides is 3. The molecular formula is C9H12F3NO5S. The van der Waals surface area contributed by atoms with E-state index in [2.05, 4.69) is 4.18 Å². The molecule has 1 aliphatic rings. The van der Waals surface area contributed by atoms with Gasteiger partial charge in [-0.3, -0.25) is 4.90 Å². The Morgan fingerprint density at radius 3 is 2.37 bits per heavy atom. The first-order valence-corrected chi connectivity index (χ1v) is 6.59. The lowest BCUT2D eigenvalue weighted by Crippen LogP contribution is -2.46. The van der Waals surface area contributed by atoms with Gasteiger partial charge in [-0.05, 0) is 19.9 Å². The second kappa shape index (κ2) is 4.91. The summed E-state index contributed by atoms with van der Waals surface area (Å²) in [6.45, 7) is 2.86. The van der Waals surface area contributed by atoms with Gasteiger partial charge in [-0.15, -0.1) is 0 Å². The molecule has 19 heavy (non-hydrogen) atoms. The van der Waals surface area contributed by atoms with Crippen LogP contribution in [0.2, 0.25) is 0 Å². The summed E-state index contributed by atoms with van der Waals surface area (Å²) in [5.74, 6) is -0.408. The number of amides is 1. The highest BCUT2D eigenvalue weighted by molar-refractivity contribution is 7.87. The number of carbonyl (C=O) groups is 1. The molecule has 0 aromatic rings. The van der Waals surface area contributed by atoms with Gasteiger partial charge in [0.05, 0.1) is 6.04 Å². The van der Waals surface area contributed by atoms with Gasteiger partial charge in [-0.1, -0.05) is 0 Å². The Balaban J connectivity index is 2.95. The summed E-state index contributed by atoms with van der Waals surface area (Å²) in [5.41, 5.74) is -5.51. The second-order valence-electron chi connectivity index (χ2n) is 4.10. The zero-order valence-corrected chi connectivity index (χ0v) is 10.8. The molecule has 0 aromatic carbocycles. The van der Waals surface area contributed by atoms with Crippen molar-refractivity contribution in [3.05, 3.63) is 11.8 Å². The molecule has 0 radical (unpaired) electrons. The van der Waals surface area contributed by atoms with Crippen molar-refractivity contribution in [2.45, 2.75) is 37.9 Å². The standard InChI is InChI=1S/C9H12F3NO5S/c1-5-3-7(4-6(2)13(5)8(14)15)18-19(16,17)9(10,11)12/h3,5-6H,4H2,1-2H3,(H,14,15)/t5-,6-/m0/s1. The van der Waals surface area contributed by atoms with Crippen LogP contribution in [0.1, 0.15) is 20.3 Å². The predicted molar refractivity (Wildman–Crippen MR) is 57.5 cm³/mol. The van der Waals surface area contributed by atoms with Crippen LogP contribution in [0, 0.1) is 0 Å². The van der Waals surface area contributed by atoms with Gasteiger partial charge in [-0.25, -0.2) is 4.79 Å². The van der Waals surface area contributed by atoms with Crippen LogP contribution in [0.4, 0.5) is 18.0 Å². The van der Waals surface area contributed by atoms with E-state index in [1.54, 1.807) is 0 Å². The molecular weight excluding hydrogens is 291 g/mol. The van der Waals surface area contributed by atoms with Gasteiger partial charge in [-0.2, -0.15) is 21.6 Å². The molecule has 10 heteroatoms. The Hall–Kier alpha value is -1.45. The van der Waals surface area contributed by atoms with E-state index in [0.29, 0.717) is 0 Å². The van der Waals surface area contributed by atoms with E-state index in [9.17, 15) is 26.4 Å². The zero-order chi connectivity index (χ0) is 15.0. The third kappa shape index (κ3) is 3.31. The molecule has 0 fully saturated rings. The fourth-order valence-corrected chi connectivity index (χ4v) is 2.32. The maximum Gasteiger partial charge on any atom is 0.534 e. The number of halogens is 3. The van der Waals surface area contributed by atoms with Crippen molar-refractivity contribution < 1.29 is 35.7 Å². The van der Waals surface area contributed by atoms with Gasteiger partial charge in [0.25, 0.3) is 0 Å². The highest BCUT2D eigenvalue weighted by Gasteiger charge is 2.49. The van der Waals surface area contributed by atoms with E-state index in [4.69, 9.17) is 5.11 Å². The molecule has 1 rings (SSSR count). The lowest BCUT2D eigenvalue weighted by atomic mass is 10.0. The number of nitrogens with zero attached hydrogens (tertiary/aromatic N) is 1. The molecule has 0 saturated heterocycles. The molecule has 1 aliphatic heterocycles. The van der Waals surface area contributed by atoms with E-state index < -0.39 is 39.6 Å². The van der Waals surface area contributed by atoms with E-state index in [1.807, 2.05) is 0 Å². The lowest BCUT2D eigenvalue weighted by molar-refractivity contribution is -0.0527. The van der Waals surface area contributed by atoms with Gasteiger partial charge in [0.1, 0.15) is 5.76 Å². The third-order valence-electron chi connectivity index (χ3n) is 2.56. The van der Waals surface area contributed by atoms with Crippen molar-refractivity contribution in [1.82, 2.24) is 4.90 Å². The summed E-state index contributed by atoms with van der Waals surface area (Å²) in [7, 11) is -5.72. The lowest BCUT2D eigenvalue weighted by Gasteiger charge is -2.35. The van der Waals surface area contributed by atoms with Crippen LogP contribution in [0.3, 0.4) is 0 Å². The topological polar surface area (TPSA) is 83.9 Å². The maximum atomic E-state index is 12.1.